The van der Waals surface area contributed by atoms with Gasteiger partial charge in [0.1, 0.15) is 0 Å². The van der Waals surface area contributed by atoms with E-state index in [1.165, 1.54) is 0 Å². The Balaban J connectivity index is 2.27. The second kappa shape index (κ2) is 8.15. The smallest absolute Gasteiger partial charge is 0.409 e. The first-order valence-corrected chi connectivity index (χ1v) is 7.87. The van der Waals surface area contributed by atoms with Crippen LogP contribution >= 0.6 is 0 Å². The molecular weight excluding hydrogens is 304 g/mol. The quantitative estimate of drug-likeness (QED) is 0.628. The van der Waals surface area contributed by atoms with Gasteiger partial charge in [-0.1, -0.05) is 42.5 Å². The summed E-state index contributed by atoms with van der Waals surface area (Å²) >= 11 is 0. The van der Waals surface area contributed by atoms with Crippen LogP contribution in [0.15, 0.2) is 48.5 Å². The van der Waals surface area contributed by atoms with Gasteiger partial charge in [-0.2, -0.15) is 0 Å². The highest BCUT2D eigenvalue weighted by Crippen LogP contribution is 2.18. The largest absolute Gasteiger partial charge is 0.450 e. The summed E-state index contributed by atoms with van der Waals surface area (Å²) < 4.78 is 4.91. The number of alkyl carbamates (subject to hydrolysis) is 1. The van der Waals surface area contributed by atoms with Crippen LogP contribution in [0.5, 0.6) is 0 Å². The van der Waals surface area contributed by atoms with E-state index >= 15 is 0 Å². The van der Waals surface area contributed by atoms with Crippen LogP contribution in [0.3, 0.4) is 0 Å². The highest BCUT2D eigenvalue weighted by atomic mass is 16.5. The second-order valence-electron chi connectivity index (χ2n) is 5.49. The van der Waals surface area contributed by atoms with E-state index in [4.69, 9.17) is 4.74 Å². The Bertz CT molecular complexity index is 714. The summed E-state index contributed by atoms with van der Waals surface area (Å²) in [5, 5.41) is 5.70. The minimum absolute atomic E-state index is 0.232. The summed E-state index contributed by atoms with van der Waals surface area (Å²) in [6.45, 7) is 5.86. The fraction of sp³-hybridized carbons (Fsp3) is 0.263. The number of hydrogen-bond acceptors (Lipinski definition) is 4. The fourth-order valence-corrected chi connectivity index (χ4v) is 2.27. The van der Waals surface area contributed by atoms with Gasteiger partial charge in [0.25, 0.3) is 0 Å². The van der Waals surface area contributed by atoms with E-state index in [1.54, 1.807) is 31.2 Å². The molecule has 1 unspecified atom stereocenters. The van der Waals surface area contributed by atoms with Gasteiger partial charge in [-0.25, -0.2) is 4.79 Å². The molecule has 24 heavy (non-hydrogen) atoms. The van der Waals surface area contributed by atoms with Crippen molar-refractivity contribution in [2.75, 3.05) is 11.9 Å². The van der Waals surface area contributed by atoms with Crippen LogP contribution in [0.25, 0.3) is 0 Å². The maximum absolute atomic E-state index is 12.8. The predicted octanol–water partition coefficient (Wildman–Crippen LogP) is 3.67. The number of anilines is 1. The molecule has 2 rings (SSSR count). The molecule has 0 heterocycles. The van der Waals surface area contributed by atoms with E-state index in [1.807, 2.05) is 38.1 Å². The van der Waals surface area contributed by atoms with E-state index in [0.717, 1.165) is 16.8 Å². The van der Waals surface area contributed by atoms with E-state index in [0.29, 0.717) is 5.56 Å². The van der Waals surface area contributed by atoms with E-state index < -0.39 is 12.3 Å². The van der Waals surface area contributed by atoms with Gasteiger partial charge in [0, 0.05) is 11.3 Å². The van der Waals surface area contributed by atoms with Crippen molar-refractivity contribution in [3.63, 3.8) is 0 Å². The van der Waals surface area contributed by atoms with Gasteiger partial charge in [-0.3, -0.25) is 10.1 Å². The maximum atomic E-state index is 12.8. The number of Topliss-reactive ketones (excluding diaryl/α,β-unsaturated/α-hetero) is 1. The zero-order valence-corrected chi connectivity index (χ0v) is 14.1. The molecule has 2 aromatic rings. The number of ketones is 1. The van der Waals surface area contributed by atoms with Crippen LogP contribution in [-0.2, 0) is 4.74 Å². The maximum Gasteiger partial charge on any atom is 0.409 e. The van der Waals surface area contributed by atoms with Crippen molar-refractivity contribution in [1.82, 2.24) is 5.32 Å². The molecule has 0 saturated carbocycles. The summed E-state index contributed by atoms with van der Waals surface area (Å²) in [5.41, 5.74) is 3.35. The molecule has 0 aromatic heterocycles. The molecule has 0 saturated heterocycles. The third kappa shape index (κ3) is 4.59. The topological polar surface area (TPSA) is 67.4 Å². The number of nitrogens with one attached hydrogen (secondary N) is 2. The Morgan fingerprint density at radius 2 is 1.79 bits per heavy atom. The number of ether oxygens (including phenoxy) is 1. The van der Waals surface area contributed by atoms with Gasteiger partial charge in [0.2, 0.25) is 5.78 Å². The lowest BCUT2D eigenvalue weighted by Gasteiger charge is -2.21. The van der Waals surface area contributed by atoms with E-state index in [9.17, 15) is 9.59 Å². The molecule has 0 radical (unpaired) electrons. The average Bonchev–Trinajstić information content (AvgIpc) is 2.58. The lowest BCUT2D eigenvalue weighted by Crippen LogP contribution is -2.46. The first kappa shape index (κ1) is 17.5. The minimum Gasteiger partial charge on any atom is -0.450 e. The first-order chi connectivity index (χ1) is 11.5. The van der Waals surface area contributed by atoms with Crippen molar-refractivity contribution < 1.29 is 14.3 Å². The average molecular weight is 326 g/mol. The number of carbonyl (C=O) groups is 2. The van der Waals surface area contributed by atoms with Crippen molar-refractivity contribution in [2.24, 2.45) is 0 Å². The summed E-state index contributed by atoms with van der Waals surface area (Å²) in [7, 11) is 0. The number of carbonyl (C=O) groups excluding carboxylic acids is 2. The summed E-state index contributed by atoms with van der Waals surface area (Å²) in [5.74, 6) is -0.232. The van der Waals surface area contributed by atoms with Crippen molar-refractivity contribution in [2.45, 2.75) is 26.9 Å². The summed E-state index contributed by atoms with van der Waals surface area (Å²) in [6.07, 6.45) is -1.54. The minimum atomic E-state index is -0.910. The number of hydrogen-bond donors (Lipinski definition) is 2. The molecule has 1 amide bonds. The molecule has 0 spiro atoms. The Kier molecular flexibility index (Phi) is 5.95. The van der Waals surface area contributed by atoms with Crippen LogP contribution in [0, 0.1) is 13.8 Å². The molecule has 5 nitrogen and oxygen atoms in total. The van der Waals surface area contributed by atoms with Crippen molar-refractivity contribution in [1.29, 1.82) is 0 Å². The Hall–Kier alpha value is -2.82. The summed E-state index contributed by atoms with van der Waals surface area (Å²) in [6, 6.07) is 14.7. The van der Waals surface area contributed by atoms with Crippen LogP contribution in [-0.4, -0.2) is 24.6 Å². The van der Waals surface area contributed by atoms with E-state index in [2.05, 4.69) is 10.6 Å². The van der Waals surface area contributed by atoms with Gasteiger partial charge in [-0.05, 0) is 38.0 Å². The molecule has 0 fully saturated rings. The highest BCUT2D eigenvalue weighted by Gasteiger charge is 2.23. The van der Waals surface area contributed by atoms with Gasteiger partial charge < -0.3 is 10.1 Å². The molecule has 0 aliphatic heterocycles. The van der Waals surface area contributed by atoms with Crippen molar-refractivity contribution in [3.8, 4) is 0 Å². The van der Waals surface area contributed by atoms with Crippen LogP contribution in [0.2, 0.25) is 0 Å². The number of benzene rings is 2. The Morgan fingerprint density at radius 3 is 2.46 bits per heavy atom. The van der Waals surface area contributed by atoms with Gasteiger partial charge in [0.05, 0.1) is 6.61 Å². The molecule has 1 atom stereocenters. The molecule has 0 aliphatic carbocycles. The van der Waals surface area contributed by atoms with Crippen molar-refractivity contribution >= 4 is 17.6 Å². The monoisotopic (exact) mass is 326 g/mol. The van der Waals surface area contributed by atoms with Gasteiger partial charge in [0.15, 0.2) is 6.17 Å². The lowest BCUT2D eigenvalue weighted by atomic mass is 10.1. The standard InChI is InChI=1S/C19H22N2O3/c1-4-24-19(23)21-18(17(22)15-8-6-5-7-9-15)20-16-12-13(2)10-11-14(16)3/h5-12,18,20H,4H2,1-3H3,(H,21,23). The van der Waals surface area contributed by atoms with Gasteiger partial charge >= 0.3 is 6.09 Å². The number of rotatable bonds is 6. The Labute approximate surface area is 142 Å². The normalized spacial score (nSPS) is 11.5. The molecule has 0 aliphatic rings. The van der Waals surface area contributed by atoms with Gasteiger partial charge in [-0.15, -0.1) is 0 Å². The molecule has 2 N–H and O–H groups in total. The fourth-order valence-electron chi connectivity index (χ4n) is 2.27. The molecule has 0 bridgehead atoms. The van der Waals surface area contributed by atoms with Crippen molar-refractivity contribution in [3.05, 3.63) is 65.2 Å². The Morgan fingerprint density at radius 1 is 1.08 bits per heavy atom. The van der Waals surface area contributed by atoms with E-state index in [-0.39, 0.29) is 12.4 Å². The lowest BCUT2D eigenvalue weighted by molar-refractivity contribution is 0.0938. The zero-order valence-electron chi connectivity index (χ0n) is 14.1. The third-order valence-corrected chi connectivity index (χ3v) is 3.55. The predicted molar refractivity (Wildman–Crippen MR) is 94.3 cm³/mol. The highest BCUT2D eigenvalue weighted by molar-refractivity contribution is 6.02. The summed E-state index contributed by atoms with van der Waals surface area (Å²) in [4.78, 5) is 24.6. The first-order valence-electron chi connectivity index (χ1n) is 7.87. The number of amides is 1. The van der Waals surface area contributed by atoms with Crippen LogP contribution < -0.4 is 10.6 Å². The van der Waals surface area contributed by atoms with Crippen LogP contribution in [0.4, 0.5) is 10.5 Å². The molecule has 2 aromatic carbocycles. The number of aryl methyl sites for hydroxylation is 2. The molecule has 126 valence electrons. The van der Waals surface area contributed by atoms with Crippen LogP contribution in [0.1, 0.15) is 28.4 Å². The zero-order chi connectivity index (χ0) is 17.5. The third-order valence-electron chi connectivity index (χ3n) is 3.55. The molecule has 5 heteroatoms. The SMILES string of the molecule is CCOC(=O)NC(Nc1cc(C)ccc1C)C(=O)c1ccccc1. The second-order valence-corrected chi connectivity index (χ2v) is 5.49. The molecular formula is C19H22N2O3.